The summed E-state index contributed by atoms with van der Waals surface area (Å²) in [5.74, 6) is 0.434. The molecule has 6 heteroatoms. The summed E-state index contributed by atoms with van der Waals surface area (Å²) < 4.78 is 23.2. The van der Waals surface area contributed by atoms with E-state index in [2.05, 4.69) is 4.98 Å². The first-order chi connectivity index (χ1) is 15.5. The highest BCUT2D eigenvalue weighted by atomic mass is 19.1. The molecular weight excluding hydrogens is 405 g/mol. The molecule has 5 rings (SSSR count). The van der Waals surface area contributed by atoms with Crippen molar-refractivity contribution >= 4 is 21.9 Å². The normalized spacial score (nSPS) is 11.3. The average Bonchev–Trinajstić information content (AvgIpc) is 3.10. The number of nitrogens with zero attached hydrogens (tertiary/aromatic N) is 3. The van der Waals surface area contributed by atoms with E-state index in [4.69, 9.17) is 4.74 Å². The zero-order valence-electron chi connectivity index (χ0n) is 17.9. The number of methoxy groups -OCH3 is 1. The molecule has 0 bridgehead atoms. The highest BCUT2D eigenvalue weighted by Crippen LogP contribution is 2.28. The lowest BCUT2D eigenvalue weighted by Gasteiger charge is -2.10. The molecule has 0 amide bonds. The van der Waals surface area contributed by atoms with Gasteiger partial charge in [0.05, 0.1) is 32.0 Å². The van der Waals surface area contributed by atoms with Crippen LogP contribution >= 0.6 is 0 Å². The minimum Gasteiger partial charge on any atom is -0.497 e. The Hall–Kier alpha value is -3.93. The van der Waals surface area contributed by atoms with Crippen LogP contribution in [0.3, 0.4) is 0 Å². The molecule has 0 saturated carbocycles. The van der Waals surface area contributed by atoms with Crippen LogP contribution in [0.5, 0.6) is 5.75 Å². The standard InChI is InChI=1S/C26H22FN3O2/c1-17-10-11-23-21(12-17)24-25(30(23)15-19-7-3-4-9-22(19)27)26(31)29(16-28-24)14-18-6-5-8-20(13-18)32-2/h3-13,16H,14-15H2,1-2H3. The predicted octanol–water partition coefficient (Wildman–Crippen LogP) is 4.90. The number of benzene rings is 3. The van der Waals surface area contributed by atoms with Gasteiger partial charge in [-0.05, 0) is 42.8 Å². The van der Waals surface area contributed by atoms with Crippen LogP contribution in [0.4, 0.5) is 4.39 Å². The van der Waals surface area contributed by atoms with Crippen molar-refractivity contribution in [3.63, 3.8) is 0 Å². The van der Waals surface area contributed by atoms with Gasteiger partial charge >= 0.3 is 0 Å². The van der Waals surface area contributed by atoms with E-state index in [0.29, 0.717) is 23.1 Å². The molecule has 0 N–H and O–H groups in total. The molecular formula is C26H22FN3O2. The van der Waals surface area contributed by atoms with Gasteiger partial charge in [-0.15, -0.1) is 0 Å². The van der Waals surface area contributed by atoms with Crippen molar-refractivity contribution in [2.75, 3.05) is 7.11 Å². The van der Waals surface area contributed by atoms with E-state index in [1.807, 2.05) is 54.0 Å². The minimum absolute atomic E-state index is 0.164. The Morgan fingerprint density at radius 1 is 1.00 bits per heavy atom. The Kier molecular flexibility index (Phi) is 4.98. The highest BCUT2D eigenvalue weighted by molar-refractivity contribution is 6.05. The van der Waals surface area contributed by atoms with Crippen LogP contribution in [-0.2, 0) is 13.1 Å². The third kappa shape index (κ3) is 3.43. The zero-order valence-corrected chi connectivity index (χ0v) is 17.9. The van der Waals surface area contributed by atoms with Gasteiger partial charge in [0.25, 0.3) is 5.56 Å². The summed E-state index contributed by atoms with van der Waals surface area (Å²) in [6, 6.07) is 20.2. The van der Waals surface area contributed by atoms with Gasteiger partial charge < -0.3 is 9.30 Å². The van der Waals surface area contributed by atoms with Crippen LogP contribution in [-0.4, -0.2) is 21.2 Å². The largest absolute Gasteiger partial charge is 0.497 e. The van der Waals surface area contributed by atoms with Gasteiger partial charge in [0.1, 0.15) is 22.6 Å². The molecule has 160 valence electrons. The van der Waals surface area contributed by atoms with Crippen LogP contribution in [0.15, 0.2) is 77.9 Å². The van der Waals surface area contributed by atoms with Gasteiger partial charge in [0.15, 0.2) is 0 Å². The minimum atomic E-state index is -0.296. The molecule has 0 aliphatic heterocycles. The summed E-state index contributed by atoms with van der Waals surface area (Å²) in [5, 5.41) is 0.891. The SMILES string of the molecule is COc1cccc(Cn2cnc3c4cc(C)ccc4n(Cc4ccccc4F)c3c2=O)c1. The van der Waals surface area contributed by atoms with Crippen molar-refractivity contribution in [3.8, 4) is 5.75 Å². The smallest absolute Gasteiger partial charge is 0.278 e. The summed E-state index contributed by atoms with van der Waals surface area (Å²) in [7, 11) is 1.61. The van der Waals surface area contributed by atoms with Crippen molar-refractivity contribution < 1.29 is 9.13 Å². The Morgan fingerprint density at radius 3 is 2.66 bits per heavy atom. The number of hydrogen-bond acceptors (Lipinski definition) is 3. The fraction of sp³-hybridized carbons (Fsp3) is 0.154. The number of rotatable bonds is 5. The van der Waals surface area contributed by atoms with Crippen molar-refractivity contribution in [3.05, 3.63) is 106 Å². The van der Waals surface area contributed by atoms with E-state index in [0.717, 1.165) is 27.8 Å². The molecule has 2 heterocycles. The number of hydrogen-bond donors (Lipinski definition) is 0. The van der Waals surface area contributed by atoms with Crippen molar-refractivity contribution in [1.82, 2.24) is 14.1 Å². The van der Waals surface area contributed by atoms with E-state index in [1.165, 1.54) is 6.07 Å². The lowest BCUT2D eigenvalue weighted by Crippen LogP contribution is -2.23. The predicted molar refractivity (Wildman–Crippen MR) is 124 cm³/mol. The third-order valence-electron chi connectivity index (χ3n) is 5.76. The molecule has 3 aromatic carbocycles. The molecule has 0 aliphatic rings. The Balaban J connectivity index is 1.71. The van der Waals surface area contributed by atoms with Crippen molar-refractivity contribution in [2.24, 2.45) is 0 Å². The summed E-state index contributed by atoms with van der Waals surface area (Å²) in [4.78, 5) is 18.3. The molecule has 5 aromatic rings. The first-order valence-corrected chi connectivity index (χ1v) is 10.4. The Labute approximate surface area is 184 Å². The maximum atomic E-state index is 14.5. The van der Waals surface area contributed by atoms with Crippen LogP contribution in [0.2, 0.25) is 0 Å². The van der Waals surface area contributed by atoms with Crippen molar-refractivity contribution in [1.29, 1.82) is 0 Å². The van der Waals surface area contributed by atoms with Gasteiger partial charge in [-0.2, -0.15) is 0 Å². The number of ether oxygens (including phenoxy) is 1. The second-order valence-electron chi connectivity index (χ2n) is 7.92. The molecule has 5 nitrogen and oxygen atoms in total. The first kappa shape index (κ1) is 20.0. The molecule has 0 saturated heterocycles. The number of halogens is 1. The molecule has 0 atom stereocenters. The third-order valence-corrected chi connectivity index (χ3v) is 5.76. The van der Waals surface area contributed by atoms with E-state index < -0.39 is 0 Å². The topological polar surface area (TPSA) is 49.0 Å². The Morgan fingerprint density at radius 2 is 1.84 bits per heavy atom. The van der Waals surface area contributed by atoms with Crippen LogP contribution in [0, 0.1) is 12.7 Å². The van der Waals surface area contributed by atoms with Crippen LogP contribution in [0.1, 0.15) is 16.7 Å². The van der Waals surface area contributed by atoms with Gasteiger partial charge in [-0.25, -0.2) is 9.37 Å². The van der Waals surface area contributed by atoms with E-state index >= 15 is 0 Å². The van der Waals surface area contributed by atoms with E-state index in [1.54, 1.807) is 36.2 Å². The maximum absolute atomic E-state index is 14.5. The Bertz CT molecular complexity index is 1520. The van der Waals surface area contributed by atoms with Gasteiger partial charge in [0.2, 0.25) is 0 Å². The van der Waals surface area contributed by atoms with Crippen molar-refractivity contribution in [2.45, 2.75) is 20.0 Å². The van der Waals surface area contributed by atoms with Gasteiger partial charge in [-0.3, -0.25) is 9.36 Å². The van der Waals surface area contributed by atoms with E-state index in [9.17, 15) is 9.18 Å². The van der Waals surface area contributed by atoms with E-state index in [-0.39, 0.29) is 17.9 Å². The monoisotopic (exact) mass is 427 g/mol. The maximum Gasteiger partial charge on any atom is 0.278 e. The number of aryl methyl sites for hydroxylation is 1. The average molecular weight is 427 g/mol. The number of aromatic nitrogens is 3. The zero-order chi connectivity index (χ0) is 22.2. The van der Waals surface area contributed by atoms with Crippen LogP contribution in [0.25, 0.3) is 21.9 Å². The summed E-state index contributed by atoms with van der Waals surface area (Å²) in [5.41, 5.74) is 4.33. The first-order valence-electron chi connectivity index (χ1n) is 10.4. The molecule has 0 unspecified atom stereocenters. The summed E-state index contributed by atoms with van der Waals surface area (Å²) >= 11 is 0. The second-order valence-corrected chi connectivity index (χ2v) is 7.92. The second kappa shape index (κ2) is 7.96. The molecule has 0 radical (unpaired) electrons. The summed E-state index contributed by atoms with van der Waals surface area (Å²) in [6.45, 7) is 2.61. The number of fused-ring (bicyclic) bond motifs is 3. The highest BCUT2D eigenvalue weighted by Gasteiger charge is 2.18. The quantitative estimate of drug-likeness (QED) is 0.401. The van der Waals surface area contributed by atoms with Crippen LogP contribution < -0.4 is 10.3 Å². The molecule has 0 fully saturated rings. The molecule has 32 heavy (non-hydrogen) atoms. The van der Waals surface area contributed by atoms with Gasteiger partial charge in [0, 0.05) is 10.9 Å². The molecule has 0 spiro atoms. The molecule has 0 aliphatic carbocycles. The fourth-order valence-corrected chi connectivity index (χ4v) is 4.16. The fourth-order valence-electron chi connectivity index (χ4n) is 4.16. The summed E-state index contributed by atoms with van der Waals surface area (Å²) in [6.07, 6.45) is 1.58. The lowest BCUT2D eigenvalue weighted by atomic mass is 10.1. The lowest BCUT2D eigenvalue weighted by molar-refractivity contribution is 0.414. The molecule has 2 aromatic heterocycles. The van der Waals surface area contributed by atoms with Gasteiger partial charge in [-0.1, -0.05) is 42.0 Å².